The van der Waals surface area contributed by atoms with Crippen molar-refractivity contribution in [1.82, 2.24) is 5.32 Å². The van der Waals surface area contributed by atoms with E-state index in [1.807, 2.05) is 60.7 Å². The second-order valence-electron chi connectivity index (χ2n) is 8.69. The molecule has 0 aliphatic heterocycles. The Balaban J connectivity index is 1.58. The van der Waals surface area contributed by atoms with Crippen LogP contribution in [0.2, 0.25) is 5.02 Å². The predicted molar refractivity (Wildman–Crippen MR) is 151 cm³/mol. The highest BCUT2D eigenvalue weighted by Gasteiger charge is 2.23. The van der Waals surface area contributed by atoms with Gasteiger partial charge in [-0.1, -0.05) is 84.4 Å². The van der Waals surface area contributed by atoms with Gasteiger partial charge < -0.3 is 16.0 Å². The van der Waals surface area contributed by atoms with Gasteiger partial charge in [0.1, 0.15) is 6.04 Å². The number of halogens is 1. The largest absolute Gasteiger partial charge is 0.326 e. The Morgan fingerprint density at radius 1 is 0.789 bits per heavy atom. The van der Waals surface area contributed by atoms with Crippen LogP contribution in [0.25, 0.3) is 11.1 Å². The summed E-state index contributed by atoms with van der Waals surface area (Å²) in [6.07, 6.45) is 1.34. The maximum absolute atomic E-state index is 13.4. The molecule has 0 fully saturated rings. The van der Waals surface area contributed by atoms with Crippen LogP contribution in [-0.2, 0) is 21.1 Å². The van der Waals surface area contributed by atoms with Crippen LogP contribution in [0.5, 0.6) is 0 Å². The Morgan fingerprint density at radius 3 is 2.11 bits per heavy atom. The molecule has 3 amide bonds. The monoisotopic (exact) mass is 547 g/mol. The average molecular weight is 548 g/mol. The van der Waals surface area contributed by atoms with Gasteiger partial charge in [-0.05, 0) is 41.5 Å². The van der Waals surface area contributed by atoms with Crippen LogP contribution < -0.4 is 16.0 Å². The first-order chi connectivity index (χ1) is 18.2. The fourth-order valence-corrected chi connectivity index (χ4v) is 5.06. The quantitative estimate of drug-likeness (QED) is 0.260. The topological polar surface area (TPSA) is 104 Å². The summed E-state index contributed by atoms with van der Waals surface area (Å²) in [7, 11) is -3.61. The number of carbonyl (C=O) groups is 2. The highest BCUT2D eigenvalue weighted by atomic mass is 35.5. The number of carbonyl (C=O) groups excluding carboxylic acids is 2. The zero-order valence-corrected chi connectivity index (χ0v) is 22.1. The molecule has 0 spiro atoms. The minimum Gasteiger partial charge on any atom is -0.326 e. The normalized spacial score (nSPS) is 11.8. The van der Waals surface area contributed by atoms with Gasteiger partial charge in [0.2, 0.25) is 5.91 Å². The average Bonchev–Trinajstić information content (AvgIpc) is 2.89. The second kappa shape index (κ2) is 11.9. The summed E-state index contributed by atoms with van der Waals surface area (Å²) in [5, 5.41) is 8.62. The zero-order chi connectivity index (χ0) is 27.1. The van der Waals surface area contributed by atoms with Crippen LogP contribution >= 0.6 is 11.6 Å². The molecule has 3 N–H and O–H groups in total. The van der Waals surface area contributed by atoms with E-state index in [9.17, 15) is 18.0 Å². The fourth-order valence-electron chi connectivity index (χ4n) is 3.94. The molecular formula is C29H26ClN3O4S. The summed E-state index contributed by atoms with van der Waals surface area (Å²) < 4.78 is 25.2. The van der Waals surface area contributed by atoms with Crippen LogP contribution in [0.3, 0.4) is 0 Å². The molecule has 0 heterocycles. The molecule has 7 nitrogen and oxygen atoms in total. The lowest BCUT2D eigenvalue weighted by atomic mass is 10.0. The van der Waals surface area contributed by atoms with Gasteiger partial charge >= 0.3 is 6.03 Å². The lowest BCUT2D eigenvalue weighted by molar-refractivity contribution is -0.117. The Morgan fingerprint density at radius 2 is 1.45 bits per heavy atom. The Kier molecular flexibility index (Phi) is 8.45. The first kappa shape index (κ1) is 26.9. The van der Waals surface area contributed by atoms with Crippen molar-refractivity contribution in [2.24, 2.45) is 0 Å². The van der Waals surface area contributed by atoms with Crippen LogP contribution in [-0.4, -0.2) is 32.7 Å². The van der Waals surface area contributed by atoms with Gasteiger partial charge in [-0.3, -0.25) is 4.79 Å². The summed E-state index contributed by atoms with van der Waals surface area (Å²) in [5.41, 5.74) is 2.89. The molecule has 0 saturated heterocycles. The van der Waals surface area contributed by atoms with E-state index in [1.165, 1.54) is 6.07 Å². The van der Waals surface area contributed by atoms with E-state index in [0.29, 0.717) is 22.0 Å². The number of rotatable bonds is 8. The van der Waals surface area contributed by atoms with E-state index in [0.717, 1.165) is 17.4 Å². The van der Waals surface area contributed by atoms with Gasteiger partial charge in [0.25, 0.3) is 0 Å². The first-order valence-electron chi connectivity index (χ1n) is 11.8. The van der Waals surface area contributed by atoms with Gasteiger partial charge in [0.05, 0.1) is 4.90 Å². The van der Waals surface area contributed by atoms with Crippen molar-refractivity contribution in [3.8, 4) is 11.1 Å². The van der Waals surface area contributed by atoms with Gasteiger partial charge in [-0.15, -0.1) is 0 Å². The number of hydrogen-bond acceptors (Lipinski definition) is 4. The molecule has 0 aromatic heterocycles. The number of sulfone groups is 1. The number of amides is 3. The van der Waals surface area contributed by atoms with Gasteiger partial charge in [-0.25, -0.2) is 13.2 Å². The van der Waals surface area contributed by atoms with Crippen molar-refractivity contribution in [2.45, 2.75) is 17.4 Å². The van der Waals surface area contributed by atoms with E-state index in [2.05, 4.69) is 16.0 Å². The molecule has 38 heavy (non-hydrogen) atoms. The third-order valence-electron chi connectivity index (χ3n) is 5.72. The van der Waals surface area contributed by atoms with E-state index in [-0.39, 0.29) is 11.3 Å². The first-order valence-corrected chi connectivity index (χ1v) is 14.0. The van der Waals surface area contributed by atoms with E-state index in [4.69, 9.17) is 11.6 Å². The molecule has 4 aromatic rings. The minimum absolute atomic E-state index is 0.0905. The van der Waals surface area contributed by atoms with Crippen molar-refractivity contribution < 1.29 is 18.0 Å². The minimum atomic E-state index is -3.61. The summed E-state index contributed by atoms with van der Waals surface area (Å²) in [6, 6.07) is 28.2. The molecule has 1 atom stereocenters. The number of benzene rings is 4. The van der Waals surface area contributed by atoms with Gasteiger partial charge in [-0.2, -0.15) is 0 Å². The highest BCUT2D eigenvalue weighted by Crippen LogP contribution is 2.30. The third kappa shape index (κ3) is 7.21. The van der Waals surface area contributed by atoms with Crippen LogP contribution in [0.15, 0.2) is 108 Å². The molecule has 0 saturated carbocycles. The Labute approximate surface area is 226 Å². The molecule has 0 aliphatic rings. The van der Waals surface area contributed by atoms with Crippen molar-refractivity contribution in [2.75, 3.05) is 16.9 Å². The number of anilines is 2. The van der Waals surface area contributed by atoms with Crippen LogP contribution in [0.1, 0.15) is 5.56 Å². The second-order valence-corrected chi connectivity index (χ2v) is 11.1. The van der Waals surface area contributed by atoms with E-state index < -0.39 is 27.8 Å². The number of urea groups is 1. The van der Waals surface area contributed by atoms with Crippen molar-refractivity contribution in [3.05, 3.63) is 114 Å². The van der Waals surface area contributed by atoms with Crippen molar-refractivity contribution in [1.29, 1.82) is 0 Å². The summed E-state index contributed by atoms with van der Waals surface area (Å²) in [5.74, 6) is -0.498. The smallest absolute Gasteiger partial charge is 0.319 e. The van der Waals surface area contributed by atoms with E-state index in [1.54, 1.807) is 36.4 Å². The molecule has 0 unspecified atom stereocenters. The lowest BCUT2D eigenvalue weighted by Gasteiger charge is -2.20. The molecule has 4 aromatic carbocycles. The summed E-state index contributed by atoms with van der Waals surface area (Å²) in [4.78, 5) is 26.2. The predicted octanol–water partition coefficient (Wildman–Crippen LogP) is 5.78. The van der Waals surface area contributed by atoms with Crippen molar-refractivity contribution >= 4 is 44.8 Å². The maximum atomic E-state index is 13.4. The SMILES string of the molecule is CS(=O)(=O)c1cc(NC(=O)[C@H](Cc2ccccc2)NC(=O)Nc2cccc(Cl)c2)ccc1-c1ccccc1. The lowest BCUT2D eigenvalue weighted by Crippen LogP contribution is -2.46. The summed E-state index contributed by atoms with van der Waals surface area (Å²) >= 11 is 6.00. The molecular weight excluding hydrogens is 522 g/mol. The molecule has 194 valence electrons. The highest BCUT2D eigenvalue weighted by molar-refractivity contribution is 7.90. The van der Waals surface area contributed by atoms with Gasteiger partial charge in [0.15, 0.2) is 9.84 Å². The molecule has 0 bridgehead atoms. The van der Waals surface area contributed by atoms with Crippen LogP contribution in [0, 0.1) is 0 Å². The molecule has 4 rings (SSSR count). The zero-order valence-electron chi connectivity index (χ0n) is 20.5. The standard InChI is InChI=1S/C29H26ClN3O4S/c1-38(36,37)27-19-24(15-16-25(27)21-11-6-3-7-12-21)31-28(34)26(17-20-9-4-2-5-10-20)33-29(35)32-23-14-8-13-22(30)18-23/h2-16,18-19,26H,17H2,1H3,(H,31,34)(H2,32,33,35)/t26-/m0/s1. The van der Waals surface area contributed by atoms with Gasteiger partial charge in [0, 0.05) is 34.6 Å². The van der Waals surface area contributed by atoms with Crippen LogP contribution in [0.4, 0.5) is 16.2 Å². The number of hydrogen-bond donors (Lipinski definition) is 3. The maximum Gasteiger partial charge on any atom is 0.319 e. The molecule has 9 heteroatoms. The van der Waals surface area contributed by atoms with E-state index >= 15 is 0 Å². The summed E-state index contributed by atoms with van der Waals surface area (Å²) in [6.45, 7) is 0. The third-order valence-corrected chi connectivity index (χ3v) is 7.09. The molecule has 0 aliphatic carbocycles. The van der Waals surface area contributed by atoms with Crippen molar-refractivity contribution in [3.63, 3.8) is 0 Å². The Bertz CT molecular complexity index is 1540. The molecule has 0 radical (unpaired) electrons. The number of nitrogens with one attached hydrogen (secondary N) is 3. The fraction of sp³-hybridized carbons (Fsp3) is 0.103. The Hall–Kier alpha value is -4.14.